The fourth-order valence-electron chi connectivity index (χ4n) is 2.29. The van der Waals surface area contributed by atoms with Crippen molar-refractivity contribution in [1.82, 2.24) is 9.78 Å². The molecule has 0 radical (unpaired) electrons. The molecule has 0 aliphatic heterocycles. The molecule has 0 saturated heterocycles. The normalized spacial score (nSPS) is 15.3. The lowest BCUT2D eigenvalue weighted by molar-refractivity contribution is 0.261. The molecule has 0 atom stereocenters. The molecule has 2 rings (SSSR count). The number of aromatic nitrogens is 2. The molecule has 6 heteroatoms. The van der Waals surface area contributed by atoms with Crippen LogP contribution in [0.4, 0.5) is 5.69 Å². The van der Waals surface area contributed by atoms with Gasteiger partial charge in [-0.1, -0.05) is 6.42 Å². The summed E-state index contributed by atoms with van der Waals surface area (Å²) in [5.74, 6) is 0.619. The highest BCUT2D eigenvalue weighted by atomic mass is 79.9. The minimum atomic E-state index is -0.0132. The second kappa shape index (κ2) is 6.52. The highest BCUT2D eigenvalue weighted by Gasteiger charge is 2.21. The molecule has 1 aromatic rings. The van der Waals surface area contributed by atoms with Gasteiger partial charge < -0.3 is 10.6 Å². The molecule has 2 N–H and O–H groups in total. The molecule has 0 amide bonds. The first-order valence-electron chi connectivity index (χ1n) is 6.80. The van der Waals surface area contributed by atoms with Gasteiger partial charge in [-0.2, -0.15) is 5.10 Å². The van der Waals surface area contributed by atoms with E-state index in [9.17, 15) is 4.79 Å². The fraction of sp³-hybridized carbons (Fsp3) is 0.692. The second-order valence-electron chi connectivity index (χ2n) is 5.19. The van der Waals surface area contributed by atoms with Crippen molar-refractivity contribution in [2.75, 3.05) is 25.0 Å². The zero-order valence-corrected chi connectivity index (χ0v) is 12.9. The molecule has 0 spiro atoms. The molecule has 1 aliphatic rings. The average molecular weight is 329 g/mol. The van der Waals surface area contributed by atoms with Crippen molar-refractivity contribution in [2.45, 2.75) is 32.2 Å². The number of halogens is 1. The summed E-state index contributed by atoms with van der Waals surface area (Å²) in [5, 5.41) is 4.23. The van der Waals surface area contributed by atoms with Crippen LogP contribution in [0.25, 0.3) is 0 Å². The van der Waals surface area contributed by atoms with Gasteiger partial charge in [0, 0.05) is 20.1 Å². The topological polar surface area (TPSA) is 64.2 Å². The number of nitrogens with zero attached hydrogens (tertiary/aromatic N) is 3. The van der Waals surface area contributed by atoms with E-state index < -0.39 is 0 Å². The van der Waals surface area contributed by atoms with Gasteiger partial charge in [0.15, 0.2) is 0 Å². The van der Waals surface area contributed by atoms with Crippen molar-refractivity contribution in [3.63, 3.8) is 0 Å². The van der Waals surface area contributed by atoms with Crippen LogP contribution in [0.1, 0.15) is 25.7 Å². The van der Waals surface area contributed by atoms with Gasteiger partial charge in [-0.15, -0.1) is 0 Å². The molecule has 1 aromatic heterocycles. The molecule has 0 unspecified atom stereocenters. The summed E-state index contributed by atoms with van der Waals surface area (Å²) in [4.78, 5) is 14.4. The molecule has 106 valence electrons. The van der Waals surface area contributed by atoms with Crippen molar-refractivity contribution in [3.05, 3.63) is 21.0 Å². The highest BCUT2D eigenvalue weighted by Crippen LogP contribution is 2.27. The van der Waals surface area contributed by atoms with E-state index in [1.54, 1.807) is 10.9 Å². The van der Waals surface area contributed by atoms with Crippen molar-refractivity contribution >= 4 is 21.6 Å². The van der Waals surface area contributed by atoms with Crippen LogP contribution in [-0.2, 0) is 6.54 Å². The SMILES string of the molecule is CN(CCCN)c1c(Br)cnn(CC2CCC2)c1=O. The quantitative estimate of drug-likeness (QED) is 0.861. The average Bonchev–Trinajstić information content (AvgIpc) is 2.33. The first-order chi connectivity index (χ1) is 9.13. The minimum absolute atomic E-state index is 0.0132. The van der Waals surface area contributed by atoms with E-state index in [2.05, 4.69) is 21.0 Å². The molecule has 1 heterocycles. The Morgan fingerprint density at radius 3 is 2.89 bits per heavy atom. The standard InChI is InChI=1S/C13H21BrN4O/c1-17(7-3-6-15)12-11(14)8-16-18(13(12)19)9-10-4-2-5-10/h8,10H,2-7,9,15H2,1H3. The first kappa shape index (κ1) is 14.5. The number of hydrogen-bond donors (Lipinski definition) is 1. The number of rotatable bonds is 6. The molecule has 1 saturated carbocycles. The molecule has 0 bridgehead atoms. The maximum Gasteiger partial charge on any atom is 0.291 e. The molecule has 5 nitrogen and oxygen atoms in total. The number of nitrogens with two attached hydrogens (primary N) is 1. The van der Waals surface area contributed by atoms with Gasteiger partial charge in [-0.25, -0.2) is 4.68 Å². The number of hydrogen-bond acceptors (Lipinski definition) is 4. The maximum absolute atomic E-state index is 12.5. The van der Waals surface area contributed by atoms with Crippen LogP contribution < -0.4 is 16.2 Å². The molecule has 0 aromatic carbocycles. The zero-order chi connectivity index (χ0) is 13.8. The van der Waals surface area contributed by atoms with Crippen LogP contribution in [0.15, 0.2) is 15.5 Å². The number of anilines is 1. The Labute approximate surface area is 121 Å². The fourth-order valence-corrected chi connectivity index (χ4v) is 2.86. The Kier molecular flexibility index (Phi) is 4.99. The van der Waals surface area contributed by atoms with E-state index in [4.69, 9.17) is 5.73 Å². The summed E-state index contributed by atoms with van der Waals surface area (Å²) in [5.41, 5.74) is 6.19. The van der Waals surface area contributed by atoms with Crippen molar-refractivity contribution in [1.29, 1.82) is 0 Å². The van der Waals surface area contributed by atoms with Crippen LogP contribution in [0.2, 0.25) is 0 Å². The summed E-state index contributed by atoms with van der Waals surface area (Å²) in [6.45, 7) is 2.14. The summed E-state index contributed by atoms with van der Waals surface area (Å²) >= 11 is 3.42. The van der Waals surface area contributed by atoms with E-state index >= 15 is 0 Å². The van der Waals surface area contributed by atoms with Gasteiger partial charge in [0.2, 0.25) is 0 Å². The van der Waals surface area contributed by atoms with E-state index in [-0.39, 0.29) is 5.56 Å². The molecular weight excluding hydrogens is 308 g/mol. The van der Waals surface area contributed by atoms with Gasteiger partial charge in [-0.3, -0.25) is 4.79 Å². The van der Waals surface area contributed by atoms with Crippen LogP contribution in [0.3, 0.4) is 0 Å². The summed E-state index contributed by atoms with van der Waals surface area (Å²) in [6.07, 6.45) is 6.28. The zero-order valence-electron chi connectivity index (χ0n) is 11.3. The van der Waals surface area contributed by atoms with Gasteiger partial charge in [0.25, 0.3) is 5.56 Å². The smallest absolute Gasteiger partial charge is 0.291 e. The van der Waals surface area contributed by atoms with E-state index in [0.717, 1.165) is 24.0 Å². The lowest BCUT2D eigenvalue weighted by Crippen LogP contribution is -2.34. The van der Waals surface area contributed by atoms with E-state index in [1.807, 2.05) is 11.9 Å². The van der Waals surface area contributed by atoms with Crippen LogP contribution >= 0.6 is 15.9 Å². The highest BCUT2D eigenvalue weighted by molar-refractivity contribution is 9.10. The summed E-state index contributed by atoms with van der Waals surface area (Å²) in [7, 11) is 1.92. The Morgan fingerprint density at radius 2 is 2.32 bits per heavy atom. The monoisotopic (exact) mass is 328 g/mol. The van der Waals surface area contributed by atoms with Gasteiger partial charge in [0.05, 0.1) is 10.7 Å². The first-order valence-corrected chi connectivity index (χ1v) is 7.59. The summed E-state index contributed by atoms with van der Waals surface area (Å²) in [6, 6.07) is 0. The van der Waals surface area contributed by atoms with Crippen molar-refractivity contribution in [3.8, 4) is 0 Å². The largest absolute Gasteiger partial charge is 0.369 e. The Balaban J connectivity index is 2.20. The van der Waals surface area contributed by atoms with Crippen LogP contribution in [-0.4, -0.2) is 29.9 Å². The Bertz CT molecular complexity index is 484. The van der Waals surface area contributed by atoms with Gasteiger partial charge >= 0.3 is 0 Å². The van der Waals surface area contributed by atoms with E-state index in [1.165, 1.54) is 19.3 Å². The van der Waals surface area contributed by atoms with Crippen molar-refractivity contribution < 1.29 is 0 Å². The molecule has 19 heavy (non-hydrogen) atoms. The van der Waals surface area contributed by atoms with Crippen LogP contribution in [0, 0.1) is 5.92 Å². The predicted molar refractivity (Wildman–Crippen MR) is 80.5 cm³/mol. The molecular formula is C13H21BrN4O. The van der Waals surface area contributed by atoms with Crippen LogP contribution in [0.5, 0.6) is 0 Å². The minimum Gasteiger partial charge on any atom is -0.369 e. The maximum atomic E-state index is 12.5. The third-order valence-electron chi connectivity index (χ3n) is 3.71. The van der Waals surface area contributed by atoms with E-state index in [0.29, 0.717) is 18.2 Å². The molecule has 1 aliphatic carbocycles. The molecule has 1 fully saturated rings. The van der Waals surface area contributed by atoms with Gasteiger partial charge in [0.1, 0.15) is 5.69 Å². The third-order valence-corrected chi connectivity index (χ3v) is 4.29. The Morgan fingerprint density at radius 1 is 1.58 bits per heavy atom. The summed E-state index contributed by atoms with van der Waals surface area (Å²) < 4.78 is 2.35. The lowest BCUT2D eigenvalue weighted by Gasteiger charge is -2.26. The van der Waals surface area contributed by atoms with Crippen molar-refractivity contribution in [2.24, 2.45) is 11.7 Å². The third kappa shape index (κ3) is 3.36. The Hall–Kier alpha value is -0.880. The lowest BCUT2D eigenvalue weighted by atomic mass is 9.85. The van der Waals surface area contributed by atoms with Gasteiger partial charge in [-0.05, 0) is 47.7 Å². The second-order valence-corrected chi connectivity index (χ2v) is 6.04. The predicted octanol–water partition coefficient (Wildman–Crippen LogP) is 1.59.